The lowest BCUT2D eigenvalue weighted by molar-refractivity contribution is 0.0935. The third kappa shape index (κ3) is 4.99. The molecule has 2 N–H and O–H groups in total. The van der Waals surface area contributed by atoms with Crippen molar-refractivity contribution in [2.75, 3.05) is 21.1 Å². The zero-order valence-electron chi connectivity index (χ0n) is 16.3. The van der Waals surface area contributed by atoms with E-state index in [1.54, 1.807) is 19.1 Å². The van der Waals surface area contributed by atoms with E-state index < -0.39 is 43.4 Å². The third-order valence-corrected chi connectivity index (χ3v) is 7.51. The number of sulfonamides is 2. The SMILES string of the molecule is CNS(=O)(=O)c1ccc(F)c(C(=O)NC(C)c2ccc(S(=O)(=O)N(C)C)cc2)c1. The summed E-state index contributed by atoms with van der Waals surface area (Å²) in [4.78, 5) is 12.3. The molecule has 11 heteroatoms. The number of nitrogens with zero attached hydrogens (tertiary/aromatic N) is 1. The predicted molar refractivity (Wildman–Crippen MR) is 106 cm³/mol. The lowest BCUT2D eigenvalue weighted by Crippen LogP contribution is -2.28. The molecule has 29 heavy (non-hydrogen) atoms. The minimum absolute atomic E-state index is 0.0980. The van der Waals surface area contributed by atoms with Gasteiger partial charge in [-0.3, -0.25) is 4.79 Å². The first-order chi connectivity index (χ1) is 13.4. The van der Waals surface area contributed by atoms with Crippen LogP contribution in [0.2, 0.25) is 0 Å². The van der Waals surface area contributed by atoms with Crippen LogP contribution in [0.3, 0.4) is 0 Å². The Morgan fingerprint density at radius 2 is 1.55 bits per heavy atom. The number of hydrogen-bond donors (Lipinski definition) is 2. The molecule has 2 aromatic rings. The van der Waals surface area contributed by atoms with Crippen molar-refractivity contribution < 1.29 is 26.0 Å². The maximum Gasteiger partial charge on any atom is 0.254 e. The minimum Gasteiger partial charge on any atom is -0.345 e. The largest absolute Gasteiger partial charge is 0.345 e. The maximum absolute atomic E-state index is 14.1. The lowest BCUT2D eigenvalue weighted by atomic mass is 10.1. The Morgan fingerprint density at radius 3 is 2.07 bits per heavy atom. The van der Waals surface area contributed by atoms with Crippen LogP contribution in [0.5, 0.6) is 0 Å². The van der Waals surface area contributed by atoms with Crippen LogP contribution in [0, 0.1) is 5.82 Å². The molecule has 158 valence electrons. The summed E-state index contributed by atoms with van der Waals surface area (Å²) in [6.07, 6.45) is 0. The van der Waals surface area contributed by atoms with E-state index in [-0.39, 0.29) is 9.79 Å². The number of benzene rings is 2. The minimum atomic E-state index is -3.83. The molecule has 1 unspecified atom stereocenters. The number of amides is 1. The standard InChI is InChI=1S/C18H22FN3O5S2/c1-12(13-5-7-14(8-6-13)29(26,27)22(3)4)21-18(23)16-11-15(9-10-17(16)19)28(24,25)20-2/h5-12,20H,1-4H3,(H,21,23). The molecule has 0 radical (unpaired) electrons. The van der Waals surface area contributed by atoms with Gasteiger partial charge in [-0.1, -0.05) is 12.1 Å². The highest BCUT2D eigenvalue weighted by atomic mass is 32.2. The van der Waals surface area contributed by atoms with Gasteiger partial charge in [0.2, 0.25) is 20.0 Å². The van der Waals surface area contributed by atoms with Gasteiger partial charge in [0.1, 0.15) is 5.82 Å². The predicted octanol–water partition coefficient (Wildman–Crippen LogP) is 1.48. The number of carbonyl (C=O) groups is 1. The van der Waals surface area contributed by atoms with Crippen LogP contribution >= 0.6 is 0 Å². The molecule has 0 aliphatic carbocycles. The zero-order valence-corrected chi connectivity index (χ0v) is 17.9. The van der Waals surface area contributed by atoms with Gasteiger partial charge in [-0.05, 0) is 49.9 Å². The number of nitrogens with one attached hydrogen (secondary N) is 2. The molecule has 0 aliphatic heterocycles. The number of rotatable bonds is 7. The highest BCUT2D eigenvalue weighted by molar-refractivity contribution is 7.89. The van der Waals surface area contributed by atoms with E-state index in [1.807, 2.05) is 0 Å². The monoisotopic (exact) mass is 443 g/mol. The molecule has 0 fully saturated rings. The fraction of sp³-hybridized carbons (Fsp3) is 0.278. The molecule has 0 spiro atoms. The number of hydrogen-bond acceptors (Lipinski definition) is 5. The summed E-state index contributed by atoms with van der Waals surface area (Å²) in [5.74, 6) is -1.66. The molecule has 1 atom stereocenters. The molecular formula is C18H22FN3O5S2. The molecule has 0 heterocycles. The van der Waals surface area contributed by atoms with Crippen LogP contribution in [-0.2, 0) is 20.0 Å². The third-order valence-electron chi connectivity index (χ3n) is 4.27. The Bertz CT molecular complexity index is 1110. The Balaban J connectivity index is 2.24. The summed E-state index contributed by atoms with van der Waals surface area (Å²) in [5.41, 5.74) is 0.176. The second kappa shape index (κ2) is 8.57. The van der Waals surface area contributed by atoms with Gasteiger partial charge < -0.3 is 5.32 Å². The summed E-state index contributed by atoms with van der Waals surface area (Å²) >= 11 is 0. The second-order valence-electron chi connectivity index (χ2n) is 6.40. The van der Waals surface area contributed by atoms with Crippen molar-refractivity contribution in [1.82, 2.24) is 14.3 Å². The Labute approximate surface area is 169 Å². The molecule has 0 saturated carbocycles. The molecular weight excluding hydrogens is 421 g/mol. The molecule has 1 amide bonds. The first-order valence-electron chi connectivity index (χ1n) is 8.46. The van der Waals surface area contributed by atoms with Crippen molar-refractivity contribution in [3.8, 4) is 0 Å². The summed E-state index contributed by atoms with van der Waals surface area (Å²) in [5, 5.41) is 2.58. The van der Waals surface area contributed by atoms with Crippen LogP contribution in [0.15, 0.2) is 52.3 Å². The Hall–Kier alpha value is -2.34. The van der Waals surface area contributed by atoms with Gasteiger partial charge in [-0.25, -0.2) is 30.3 Å². The van der Waals surface area contributed by atoms with Crippen molar-refractivity contribution >= 4 is 26.0 Å². The van der Waals surface area contributed by atoms with Crippen molar-refractivity contribution in [3.05, 3.63) is 59.4 Å². The first-order valence-corrected chi connectivity index (χ1v) is 11.4. The average Bonchev–Trinajstić information content (AvgIpc) is 2.67. The highest BCUT2D eigenvalue weighted by Gasteiger charge is 2.21. The normalized spacial score (nSPS) is 13.3. The van der Waals surface area contributed by atoms with Crippen molar-refractivity contribution in [3.63, 3.8) is 0 Å². The van der Waals surface area contributed by atoms with Crippen LogP contribution in [0.25, 0.3) is 0 Å². The molecule has 0 saturated heterocycles. The molecule has 0 aromatic heterocycles. The van der Waals surface area contributed by atoms with E-state index in [0.29, 0.717) is 5.56 Å². The molecule has 8 nitrogen and oxygen atoms in total. The summed E-state index contributed by atoms with van der Waals surface area (Å²) in [7, 11) is -3.37. The van der Waals surface area contributed by atoms with E-state index in [0.717, 1.165) is 22.5 Å². The Morgan fingerprint density at radius 1 is 1.00 bits per heavy atom. The lowest BCUT2D eigenvalue weighted by Gasteiger charge is -2.16. The van der Waals surface area contributed by atoms with E-state index in [2.05, 4.69) is 10.0 Å². The van der Waals surface area contributed by atoms with Gasteiger partial charge in [0.05, 0.1) is 21.4 Å². The second-order valence-corrected chi connectivity index (χ2v) is 10.4. The van der Waals surface area contributed by atoms with Crippen molar-refractivity contribution in [1.29, 1.82) is 0 Å². The molecule has 0 aliphatic rings. The van der Waals surface area contributed by atoms with Crippen molar-refractivity contribution in [2.24, 2.45) is 0 Å². The van der Waals surface area contributed by atoms with E-state index in [9.17, 15) is 26.0 Å². The molecule has 0 bridgehead atoms. The van der Waals surface area contributed by atoms with Crippen LogP contribution in [0.1, 0.15) is 28.9 Å². The fourth-order valence-corrected chi connectivity index (χ4v) is 4.12. The first kappa shape index (κ1) is 22.9. The topological polar surface area (TPSA) is 113 Å². The Kier molecular flexibility index (Phi) is 6.78. The summed E-state index contributed by atoms with van der Waals surface area (Å²) in [6, 6.07) is 8.25. The maximum atomic E-state index is 14.1. The average molecular weight is 444 g/mol. The van der Waals surface area contributed by atoms with Crippen LogP contribution in [-0.4, -0.2) is 48.2 Å². The quantitative estimate of drug-likeness (QED) is 0.673. The van der Waals surface area contributed by atoms with Crippen LogP contribution < -0.4 is 10.0 Å². The van der Waals surface area contributed by atoms with Crippen LogP contribution in [0.4, 0.5) is 4.39 Å². The fourth-order valence-electron chi connectivity index (χ4n) is 2.46. The summed E-state index contributed by atoms with van der Waals surface area (Å²) < 4.78 is 65.2. The number of halogens is 1. The molecule has 2 rings (SSSR count). The smallest absolute Gasteiger partial charge is 0.254 e. The van der Waals surface area contributed by atoms with Gasteiger partial charge in [0, 0.05) is 14.1 Å². The number of carbonyl (C=O) groups excluding carboxylic acids is 1. The molecule has 2 aromatic carbocycles. The van der Waals surface area contributed by atoms with Gasteiger partial charge >= 0.3 is 0 Å². The van der Waals surface area contributed by atoms with Gasteiger partial charge in [-0.2, -0.15) is 0 Å². The van der Waals surface area contributed by atoms with E-state index >= 15 is 0 Å². The van der Waals surface area contributed by atoms with E-state index in [4.69, 9.17) is 0 Å². The highest BCUT2D eigenvalue weighted by Crippen LogP contribution is 2.20. The van der Waals surface area contributed by atoms with Gasteiger partial charge in [0.15, 0.2) is 0 Å². The summed E-state index contributed by atoms with van der Waals surface area (Å²) in [6.45, 7) is 1.64. The van der Waals surface area contributed by atoms with Crippen molar-refractivity contribution in [2.45, 2.75) is 22.8 Å². The van der Waals surface area contributed by atoms with Gasteiger partial charge in [0.25, 0.3) is 5.91 Å². The zero-order chi connectivity index (χ0) is 22.0. The van der Waals surface area contributed by atoms with E-state index in [1.165, 1.54) is 33.3 Å². The van der Waals surface area contributed by atoms with Gasteiger partial charge in [-0.15, -0.1) is 0 Å².